The highest BCUT2D eigenvalue weighted by Gasteiger charge is 2.15. The highest BCUT2D eigenvalue weighted by atomic mass is 79.9. The highest BCUT2D eigenvalue weighted by molar-refractivity contribution is 9.10. The Morgan fingerprint density at radius 2 is 1.61 bits per heavy atom. The Balaban J connectivity index is 0.000000409. The lowest BCUT2D eigenvalue weighted by Gasteiger charge is -2.33. The van der Waals surface area contributed by atoms with E-state index in [-0.39, 0.29) is 0 Å². The SMILES string of the molecule is CCN1CCN(CCOc2ccc3ccccc3c2Br)CC1.O=C(O)C(=O)O. The summed E-state index contributed by atoms with van der Waals surface area (Å²) in [6.07, 6.45) is 0. The summed E-state index contributed by atoms with van der Waals surface area (Å²) in [6.45, 7) is 9.78. The summed E-state index contributed by atoms with van der Waals surface area (Å²) < 4.78 is 7.06. The van der Waals surface area contributed by atoms with Gasteiger partial charge in [0.2, 0.25) is 0 Å². The van der Waals surface area contributed by atoms with Crippen LogP contribution in [0.25, 0.3) is 10.8 Å². The van der Waals surface area contributed by atoms with E-state index in [0.717, 1.165) is 43.0 Å². The zero-order valence-corrected chi connectivity index (χ0v) is 17.4. The molecule has 0 aromatic heterocycles. The van der Waals surface area contributed by atoms with Crippen LogP contribution in [0.15, 0.2) is 40.9 Å². The lowest BCUT2D eigenvalue weighted by atomic mass is 10.1. The summed E-state index contributed by atoms with van der Waals surface area (Å²) in [5, 5.41) is 17.2. The van der Waals surface area contributed by atoms with Crippen LogP contribution in [0.3, 0.4) is 0 Å². The molecule has 0 amide bonds. The third kappa shape index (κ3) is 6.47. The number of hydrogen-bond acceptors (Lipinski definition) is 5. The fourth-order valence-electron chi connectivity index (χ4n) is 2.94. The van der Waals surface area contributed by atoms with Gasteiger partial charge < -0.3 is 19.8 Å². The monoisotopic (exact) mass is 452 g/mol. The number of fused-ring (bicyclic) bond motifs is 1. The third-order valence-corrected chi connectivity index (χ3v) is 5.41. The van der Waals surface area contributed by atoms with E-state index in [2.05, 4.69) is 69.1 Å². The lowest BCUT2D eigenvalue weighted by molar-refractivity contribution is -0.159. The standard InChI is InChI=1S/C18H23BrN2O.C2H2O4/c1-2-20-9-11-21(12-10-20)13-14-22-17-8-7-15-5-3-4-6-16(15)18(17)19;3-1(4)2(5)6/h3-8H,2,9-14H2,1H3;(H,3,4)(H,5,6). The first-order valence-corrected chi connectivity index (χ1v) is 9.92. The van der Waals surface area contributed by atoms with Crippen molar-refractivity contribution in [3.63, 3.8) is 0 Å². The second-order valence-corrected chi connectivity index (χ2v) is 7.13. The second kappa shape index (κ2) is 11.0. The van der Waals surface area contributed by atoms with Gasteiger partial charge in [-0.3, -0.25) is 4.90 Å². The van der Waals surface area contributed by atoms with Gasteiger partial charge in [0.25, 0.3) is 0 Å². The molecular weight excluding hydrogens is 428 g/mol. The Morgan fingerprint density at radius 3 is 2.21 bits per heavy atom. The largest absolute Gasteiger partial charge is 0.491 e. The van der Waals surface area contributed by atoms with E-state index in [0.29, 0.717) is 0 Å². The predicted octanol–water partition coefficient (Wildman–Crippen LogP) is 2.77. The first-order valence-electron chi connectivity index (χ1n) is 9.13. The Labute approximate surface area is 172 Å². The summed E-state index contributed by atoms with van der Waals surface area (Å²) in [5.74, 6) is -2.71. The minimum Gasteiger partial charge on any atom is -0.491 e. The van der Waals surface area contributed by atoms with Crippen LogP contribution in [0.2, 0.25) is 0 Å². The van der Waals surface area contributed by atoms with Crippen LogP contribution < -0.4 is 4.74 Å². The molecule has 7 nitrogen and oxygen atoms in total. The van der Waals surface area contributed by atoms with Crippen LogP contribution in [0.5, 0.6) is 5.75 Å². The van der Waals surface area contributed by atoms with Crippen molar-refractivity contribution in [2.75, 3.05) is 45.9 Å². The van der Waals surface area contributed by atoms with E-state index in [9.17, 15) is 0 Å². The molecule has 28 heavy (non-hydrogen) atoms. The van der Waals surface area contributed by atoms with Gasteiger partial charge >= 0.3 is 11.9 Å². The number of carboxylic acids is 2. The van der Waals surface area contributed by atoms with Gasteiger partial charge in [0.05, 0.1) is 4.47 Å². The van der Waals surface area contributed by atoms with Gasteiger partial charge in [-0.25, -0.2) is 9.59 Å². The smallest absolute Gasteiger partial charge is 0.414 e. The number of nitrogens with zero attached hydrogens (tertiary/aromatic N) is 2. The molecule has 1 fully saturated rings. The van der Waals surface area contributed by atoms with Crippen molar-refractivity contribution in [3.05, 3.63) is 40.9 Å². The van der Waals surface area contributed by atoms with Crippen LogP contribution in [0.4, 0.5) is 0 Å². The Kier molecular flexibility index (Phi) is 8.69. The molecule has 0 radical (unpaired) electrons. The summed E-state index contributed by atoms with van der Waals surface area (Å²) in [5.41, 5.74) is 0. The van der Waals surface area contributed by atoms with Crippen molar-refractivity contribution in [2.45, 2.75) is 6.92 Å². The molecular formula is C20H25BrN2O5. The molecule has 1 heterocycles. The number of ether oxygens (including phenoxy) is 1. The van der Waals surface area contributed by atoms with Crippen molar-refractivity contribution in [1.29, 1.82) is 0 Å². The fourth-order valence-corrected chi connectivity index (χ4v) is 3.55. The molecule has 1 aliphatic rings. The Morgan fingerprint density at radius 1 is 1.00 bits per heavy atom. The average Bonchev–Trinajstić information content (AvgIpc) is 2.71. The number of halogens is 1. The number of likely N-dealkylation sites (N-methyl/N-ethyl adjacent to an activating group) is 1. The molecule has 3 rings (SSSR count). The van der Waals surface area contributed by atoms with Crippen LogP contribution >= 0.6 is 15.9 Å². The van der Waals surface area contributed by atoms with Gasteiger partial charge in [0.15, 0.2) is 0 Å². The van der Waals surface area contributed by atoms with Gasteiger partial charge in [0, 0.05) is 32.7 Å². The number of carbonyl (C=O) groups is 2. The minimum absolute atomic E-state index is 0.739. The zero-order valence-electron chi connectivity index (χ0n) is 15.8. The predicted molar refractivity (Wildman–Crippen MR) is 111 cm³/mol. The molecule has 2 aromatic carbocycles. The first-order chi connectivity index (χ1) is 13.4. The van der Waals surface area contributed by atoms with Gasteiger partial charge in [-0.1, -0.05) is 37.3 Å². The summed E-state index contributed by atoms with van der Waals surface area (Å²) in [6, 6.07) is 12.5. The van der Waals surface area contributed by atoms with Crippen LogP contribution in [-0.4, -0.2) is 77.8 Å². The molecule has 8 heteroatoms. The van der Waals surface area contributed by atoms with E-state index in [1.165, 1.54) is 23.9 Å². The van der Waals surface area contributed by atoms with E-state index < -0.39 is 11.9 Å². The first kappa shape index (κ1) is 22.1. The number of rotatable bonds is 5. The van der Waals surface area contributed by atoms with E-state index in [1.807, 2.05) is 0 Å². The van der Waals surface area contributed by atoms with E-state index >= 15 is 0 Å². The maximum Gasteiger partial charge on any atom is 0.414 e. The molecule has 0 spiro atoms. The molecule has 2 aromatic rings. The number of benzene rings is 2. The minimum atomic E-state index is -1.82. The normalized spacial score (nSPS) is 14.9. The van der Waals surface area contributed by atoms with Gasteiger partial charge in [-0.15, -0.1) is 0 Å². The zero-order chi connectivity index (χ0) is 20.5. The van der Waals surface area contributed by atoms with Crippen molar-refractivity contribution in [1.82, 2.24) is 9.80 Å². The molecule has 1 saturated heterocycles. The van der Waals surface area contributed by atoms with Crippen molar-refractivity contribution in [2.24, 2.45) is 0 Å². The molecule has 0 saturated carbocycles. The third-order valence-electron chi connectivity index (χ3n) is 4.59. The van der Waals surface area contributed by atoms with Crippen molar-refractivity contribution >= 4 is 38.6 Å². The molecule has 0 atom stereocenters. The number of hydrogen-bond donors (Lipinski definition) is 2. The topological polar surface area (TPSA) is 90.3 Å². The molecule has 0 bridgehead atoms. The quantitative estimate of drug-likeness (QED) is 0.673. The molecule has 152 valence electrons. The summed E-state index contributed by atoms with van der Waals surface area (Å²) in [4.78, 5) is 23.2. The number of aliphatic carboxylic acids is 2. The van der Waals surface area contributed by atoms with Crippen molar-refractivity contribution in [3.8, 4) is 5.75 Å². The Hall–Kier alpha value is -2.16. The van der Waals surface area contributed by atoms with Crippen LogP contribution in [0.1, 0.15) is 6.92 Å². The molecule has 2 N–H and O–H groups in total. The summed E-state index contributed by atoms with van der Waals surface area (Å²) >= 11 is 3.68. The second-order valence-electron chi connectivity index (χ2n) is 6.33. The highest BCUT2D eigenvalue weighted by Crippen LogP contribution is 2.32. The lowest BCUT2D eigenvalue weighted by Crippen LogP contribution is -2.47. The van der Waals surface area contributed by atoms with Gasteiger partial charge in [-0.05, 0) is 39.3 Å². The molecule has 0 aliphatic carbocycles. The number of piperazine rings is 1. The molecule has 1 aliphatic heterocycles. The van der Waals surface area contributed by atoms with Crippen LogP contribution in [0, 0.1) is 0 Å². The van der Waals surface area contributed by atoms with E-state index in [4.69, 9.17) is 24.5 Å². The fraction of sp³-hybridized carbons (Fsp3) is 0.400. The van der Waals surface area contributed by atoms with Gasteiger partial charge in [-0.2, -0.15) is 0 Å². The van der Waals surface area contributed by atoms with E-state index in [1.54, 1.807) is 0 Å². The van der Waals surface area contributed by atoms with Crippen LogP contribution in [-0.2, 0) is 9.59 Å². The maximum atomic E-state index is 9.10. The maximum absolute atomic E-state index is 9.10. The summed E-state index contributed by atoms with van der Waals surface area (Å²) in [7, 11) is 0. The average molecular weight is 453 g/mol. The van der Waals surface area contributed by atoms with Crippen molar-refractivity contribution < 1.29 is 24.5 Å². The molecule has 0 unspecified atom stereocenters. The number of carboxylic acid groups (broad SMARTS) is 2. The Bertz CT molecular complexity index is 794. The van der Waals surface area contributed by atoms with Gasteiger partial charge in [0.1, 0.15) is 12.4 Å².